The van der Waals surface area contributed by atoms with Gasteiger partial charge in [0.15, 0.2) is 5.76 Å². The fraction of sp³-hybridized carbons (Fsp3) is 0.692. The molecule has 0 saturated carbocycles. The molecule has 8 nitrogen and oxygen atoms in total. The van der Waals surface area contributed by atoms with Crippen molar-refractivity contribution >= 4 is 28.3 Å². The molecule has 1 aliphatic heterocycles. The number of aryl methyl sites for hydroxylation is 2. The van der Waals surface area contributed by atoms with E-state index in [4.69, 9.17) is 10.3 Å². The van der Waals surface area contributed by atoms with E-state index in [-0.39, 0.29) is 54.5 Å². The fourth-order valence-corrected chi connectivity index (χ4v) is 4.27. The first-order valence-corrected chi connectivity index (χ1v) is 8.64. The molecule has 0 spiro atoms. The molecule has 1 unspecified atom stereocenters. The SMILES string of the molecule is Cc1noc(C)c1S(=O)(=O)N1CCN(C(=O)CC(C)N)CC1.Cl. The Morgan fingerprint density at radius 2 is 1.87 bits per heavy atom. The largest absolute Gasteiger partial charge is 0.360 e. The van der Waals surface area contributed by atoms with Gasteiger partial charge in [0.25, 0.3) is 0 Å². The summed E-state index contributed by atoms with van der Waals surface area (Å²) in [5.74, 6) is 0.248. The van der Waals surface area contributed by atoms with Crippen LogP contribution in [0.3, 0.4) is 0 Å². The van der Waals surface area contributed by atoms with Crippen LogP contribution in [0.5, 0.6) is 0 Å². The predicted octanol–water partition coefficient (Wildman–Crippen LogP) is 0.283. The van der Waals surface area contributed by atoms with Gasteiger partial charge < -0.3 is 15.2 Å². The van der Waals surface area contributed by atoms with Crippen molar-refractivity contribution in [3.8, 4) is 0 Å². The van der Waals surface area contributed by atoms with Crippen LogP contribution < -0.4 is 5.73 Å². The van der Waals surface area contributed by atoms with Gasteiger partial charge >= 0.3 is 0 Å². The second-order valence-electron chi connectivity index (χ2n) is 5.62. The van der Waals surface area contributed by atoms with Crippen LogP contribution in [0.4, 0.5) is 0 Å². The van der Waals surface area contributed by atoms with Gasteiger partial charge in [0.05, 0.1) is 0 Å². The maximum atomic E-state index is 12.6. The molecule has 1 aliphatic rings. The minimum atomic E-state index is -3.64. The Morgan fingerprint density at radius 1 is 1.30 bits per heavy atom. The van der Waals surface area contributed by atoms with Gasteiger partial charge in [0, 0.05) is 38.6 Å². The van der Waals surface area contributed by atoms with Gasteiger partial charge in [-0.05, 0) is 20.8 Å². The Labute approximate surface area is 142 Å². The highest BCUT2D eigenvalue weighted by Gasteiger charge is 2.34. The van der Waals surface area contributed by atoms with Crippen LogP contribution in [0.1, 0.15) is 24.8 Å². The molecule has 1 amide bonds. The number of hydrogen-bond acceptors (Lipinski definition) is 6. The van der Waals surface area contributed by atoms with E-state index in [1.807, 2.05) is 0 Å². The molecule has 1 saturated heterocycles. The minimum Gasteiger partial charge on any atom is -0.360 e. The van der Waals surface area contributed by atoms with Gasteiger partial charge in [0.2, 0.25) is 15.9 Å². The zero-order valence-electron chi connectivity index (χ0n) is 13.5. The Kier molecular flexibility index (Phi) is 6.58. The smallest absolute Gasteiger partial charge is 0.248 e. The summed E-state index contributed by atoms with van der Waals surface area (Å²) >= 11 is 0. The quantitative estimate of drug-likeness (QED) is 0.819. The number of aromatic nitrogens is 1. The third-order valence-electron chi connectivity index (χ3n) is 3.65. The van der Waals surface area contributed by atoms with E-state index in [2.05, 4.69) is 5.16 Å². The summed E-state index contributed by atoms with van der Waals surface area (Å²) in [4.78, 5) is 13.7. The Bertz CT molecular complexity index is 631. The Hall–Kier alpha value is -1.16. The van der Waals surface area contributed by atoms with Gasteiger partial charge in [-0.25, -0.2) is 8.42 Å². The van der Waals surface area contributed by atoms with Crippen LogP contribution in [0.25, 0.3) is 0 Å². The van der Waals surface area contributed by atoms with Gasteiger partial charge in [-0.15, -0.1) is 12.4 Å². The number of hydrogen-bond donors (Lipinski definition) is 1. The van der Waals surface area contributed by atoms with Crippen LogP contribution in [0.2, 0.25) is 0 Å². The molecule has 1 aromatic rings. The molecule has 132 valence electrons. The number of sulfonamides is 1. The first-order valence-electron chi connectivity index (χ1n) is 7.20. The lowest BCUT2D eigenvalue weighted by molar-refractivity contribution is -0.132. The second-order valence-corrected chi connectivity index (χ2v) is 7.49. The monoisotopic (exact) mass is 366 g/mol. The topological polar surface area (TPSA) is 110 Å². The van der Waals surface area contributed by atoms with Crippen molar-refractivity contribution in [1.29, 1.82) is 0 Å². The summed E-state index contributed by atoms with van der Waals surface area (Å²) in [6.45, 7) is 6.22. The Balaban J connectivity index is 0.00000264. The molecule has 1 atom stereocenters. The van der Waals surface area contributed by atoms with E-state index in [9.17, 15) is 13.2 Å². The van der Waals surface area contributed by atoms with E-state index in [0.29, 0.717) is 18.8 Å². The summed E-state index contributed by atoms with van der Waals surface area (Å²) in [6.07, 6.45) is 0.274. The van der Waals surface area contributed by atoms with Crippen LogP contribution >= 0.6 is 12.4 Å². The molecule has 23 heavy (non-hydrogen) atoms. The number of piperazine rings is 1. The third kappa shape index (κ3) is 4.23. The summed E-state index contributed by atoms with van der Waals surface area (Å²) in [6, 6.07) is -0.198. The summed E-state index contributed by atoms with van der Waals surface area (Å²) < 4.78 is 31.6. The zero-order chi connectivity index (χ0) is 16.5. The highest BCUT2D eigenvalue weighted by atomic mass is 35.5. The van der Waals surface area contributed by atoms with Crippen molar-refractivity contribution in [2.75, 3.05) is 26.2 Å². The summed E-state index contributed by atoms with van der Waals surface area (Å²) in [5, 5.41) is 3.69. The highest BCUT2D eigenvalue weighted by molar-refractivity contribution is 7.89. The van der Waals surface area contributed by atoms with Crippen molar-refractivity contribution in [2.24, 2.45) is 5.73 Å². The predicted molar refractivity (Wildman–Crippen MR) is 86.8 cm³/mol. The van der Waals surface area contributed by atoms with Gasteiger partial charge in [-0.3, -0.25) is 4.79 Å². The van der Waals surface area contributed by atoms with Gasteiger partial charge in [0.1, 0.15) is 10.6 Å². The lowest BCUT2D eigenvalue weighted by Gasteiger charge is -2.34. The summed E-state index contributed by atoms with van der Waals surface area (Å²) in [7, 11) is -3.64. The molecule has 0 bridgehead atoms. The molecule has 0 radical (unpaired) electrons. The zero-order valence-corrected chi connectivity index (χ0v) is 15.1. The van der Waals surface area contributed by atoms with Crippen LogP contribution in [0, 0.1) is 13.8 Å². The molecule has 2 heterocycles. The standard InChI is InChI=1S/C13H22N4O4S.ClH/c1-9(14)8-12(18)16-4-6-17(7-5-16)22(19,20)13-10(2)15-21-11(13)3;/h9H,4-8,14H2,1-3H3;1H. The van der Waals surface area contributed by atoms with E-state index >= 15 is 0 Å². The molecule has 0 aliphatic carbocycles. The number of carbonyl (C=O) groups excluding carboxylic acids is 1. The Morgan fingerprint density at radius 3 is 2.30 bits per heavy atom. The maximum absolute atomic E-state index is 12.6. The molecular weight excluding hydrogens is 344 g/mol. The third-order valence-corrected chi connectivity index (χ3v) is 5.80. The normalized spacial score (nSPS) is 17.7. The first kappa shape index (κ1) is 19.9. The van der Waals surface area contributed by atoms with Gasteiger partial charge in [-0.1, -0.05) is 5.16 Å². The van der Waals surface area contributed by atoms with E-state index in [1.54, 1.807) is 25.7 Å². The number of carbonyl (C=O) groups is 1. The molecule has 10 heteroatoms. The molecule has 2 rings (SSSR count). The second kappa shape index (κ2) is 7.61. The number of halogens is 1. The van der Waals surface area contributed by atoms with Crippen molar-refractivity contribution in [3.63, 3.8) is 0 Å². The molecule has 2 N–H and O–H groups in total. The molecule has 0 aromatic carbocycles. The van der Waals surface area contributed by atoms with Crippen LogP contribution in [-0.2, 0) is 14.8 Å². The first-order chi connectivity index (χ1) is 10.2. The number of amides is 1. The van der Waals surface area contributed by atoms with Crippen molar-refractivity contribution in [2.45, 2.75) is 38.1 Å². The average Bonchev–Trinajstić information content (AvgIpc) is 2.78. The van der Waals surface area contributed by atoms with E-state index < -0.39 is 10.0 Å². The van der Waals surface area contributed by atoms with Gasteiger partial charge in [-0.2, -0.15) is 4.31 Å². The van der Waals surface area contributed by atoms with Crippen molar-refractivity contribution in [3.05, 3.63) is 11.5 Å². The molecule has 1 aromatic heterocycles. The number of rotatable bonds is 4. The highest BCUT2D eigenvalue weighted by Crippen LogP contribution is 2.24. The van der Waals surface area contributed by atoms with E-state index in [1.165, 1.54) is 4.31 Å². The molecular formula is C13H23ClN4O4S. The van der Waals surface area contributed by atoms with Crippen molar-refractivity contribution < 1.29 is 17.7 Å². The fourth-order valence-electron chi connectivity index (χ4n) is 2.55. The van der Waals surface area contributed by atoms with Crippen LogP contribution in [-0.4, -0.2) is 60.9 Å². The van der Waals surface area contributed by atoms with Crippen molar-refractivity contribution in [1.82, 2.24) is 14.4 Å². The number of nitrogens with two attached hydrogens (primary N) is 1. The van der Waals surface area contributed by atoms with Crippen LogP contribution in [0.15, 0.2) is 9.42 Å². The lowest BCUT2D eigenvalue weighted by Crippen LogP contribution is -2.51. The maximum Gasteiger partial charge on any atom is 0.248 e. The number of nitrogens with zero attached hydrogens (tertiary/aromatic N) is 3. The molecule has 1 fully saturated rings. The van der Waals surface area contributed by atoms with E-state index in [0.717, 1.165) is 0 Å². The summed E-state index contributed by atoms with van der Waals surface area (Å²) in [5.41, 5.74) is 5.98. The lowest BCUT2D eigenvalue weighted by atomic mass is 10.2. The minimum absolute atomic E-state index is 0. The average molecular weight is 367 g/mol.